The average molecular weight is 463 g/mol. The van der Waals surface area contributed by atoms with Gasteiger partial charge in [-0.2, -0.15) is 18.6 Å². The number of pyridine rings is 1. The van der Waals surface area contributed by atoms with Crippen molar-refractivity contribution in [2.24, 2.45) is 0 Å². The fourth-order valence-corrected chi connectivity index (χ4v) is 4.06. The van der Waals surface area contributed by atoms with Crippen molar-refractivity contribution in [3.05, 3.63) is 42.1 Å². The van der Waals surface area contributed by atoms with Gasteiger partial charge in [0.1, 0.15) is 12.4 Å². The SMILES string of the molecule is CC(C)c1cnn2c1NC(=O)NS(=O)(=O)c1nn(cc1F)C(C)(C)COc1cc-2ccn1. The molecule has 2 amide bonds. The van der Waals surface area contributed by atoms with Gasteiger partial charge in [0, 0.05) is 17.8 Å². The third-order valence-corrected chi connectivity index (χ3v) is 6.17. The van der Waals surface area contributed by atoms with Crippen LogP contribution < -0.4 is 14.8 Å². The van der Waals surface area contributed by atoms with Crippen molar-refractivity contribution < 1.29 is 22.3 Å². The molecule has 11 nitrogen and oxygen atoms in total. The number of ether oxygens (including phenoxy) is 1. The van der Waals surface area contributed by atoms with Gasteiger partial charge in [0.05, 0.1) is 23.6 Å². The molecule has 4 heterocycles. The van der Waals surface area contributed by atoms with Crippen molar-refractivity contribution in [3.8, 4) is 11.6 Å². The zero-order valence-electron chi connectivity index (χ0n) is 17.8. The Hall–Kier alpha value is -3.48. The van der Waals surface area contributed by atoms with E-state index >= 15 is 0 Å². The molecule has 13 heteroatoms. The third-order valence-electron chi connectivity index (χ3n) is 4.93. The Bertz CT molecular complexity index is 1300. The number of hydrogen-bond donors (Lipinski definition) is 2. The standard InChI is InChI=1S/C19H22FN7O4S/c1-11(2)13-8-22-27-12-5-6-21-15(7-12)31-10-19(3,4)26-9-14(20)17(24-26)32(29,30)25-18(28)23-16(13)27/h5-9,11H,10H2,1-4H3,(H2,23,25,28). The van der Waals surface area contributed by atoms with Gasteiger partial charge in [-0.05, 0) is 25.8 Å². The second kappa shape index (κ2) is 7.58. The van der Waals surface area contributed by atoms with Gasteiger partial charge in [-0.15, -0.1) is 0 Å². The second-order valence-corrected chi connectivity index (χ2v) is 9.85. The summed E-state index contributed by atoms with van der Waals surface area (Å²) in [5, 5.41) is 9.81. The molecule has 1 aliphatic heterocycles. The predicted octanol–water partition coefficient (Wildman–Crippen LogP) is 2.36. The lowest BCUT2D eigenvalue weighted by atomic mass is 10.1. The quantitative estimate of drug-likeness (QED) is 0.566. The Balaban J connectivity index is 1.88. The number of amides is 2. The molecule has 0 saturated heterocycles. The number of urea groups is 1. The van der Waals surface area contributed by atoms with Crippen LogP contribution in [-0.4, -0.2) is 45.6 Å². The van der Waals surface area contributed by atoms with Crippen LogP contribution in [0, 0.1) is 5.82 Å². The fourth-order valence-electron chi connectivity index (χ4n) is 3.16. The van der Waals surface area contributed by atoms with Crippen LogP contribution in [0.1, 0.15) is 39.2 Å². The zero-order chi connectivity index (χ0) is 23.3. The predicted molar refractivity (Wildman–Crippen MR) is 112 cm³/mol. The van der Waals surface area contributed by atoms with E-state index in [-0.39, 0.29) is 24.2 Å². The van der Waals surface area contributed by atoms with Gasteiger partial charge in [-0.1, -0.05) is 13.8 Å². The minimum atomic E-state index is -4.59. The molecular formula is C19H22FN7O4S. The van der Waals surface area contributed by atoms with Crippen molar-refractivity contribution >= 4 is 21.9 Å². The zero-order valence-corrected chi connectivity index (χ0v) is 18.6. The number of carbonyl (C=O) groups excluding carboxylic acids is 1. The van der Waals surface area contributed by atoms with E-state index in [0.717, 1.165) is 10.9 Å². The lowest BCUT2D eigenvalue weighted by Gasteiger charge is -2.25. The number of aromatic nitrogens is 5. The van der Waals surface area contributed by atoms with Crippen molar-refractivity contribution in [2.45, 2.75) is 44.2 Å². The van der Waals surface area contributed by atoms with Crippen LogP contribution in [0.2, 0.25) is 0 Å². The number of halogens is 1. The Labute approximate surface area is 183 Å². The molecule has 3 aromatic heterocycles. The highest BCUT2D eigenvalue weighted by atomic mass is 32.2. The first-order valence-electron chi connectivity index (χ1n) is 9.74. The maximum Gasteiger partial charge on any atom is 0.334 e. The molecule has 0 spiro atoms. The van der Waals surface area contributed by atoms with E-state index in [4.69, 9.17) is 4.74 Å². The van der Waals surface area contributed by atoms with Crippen LogP contribution in [0.15, 0.2) is 35.7 Å². The van der Waals surface area contributed by atoms with E-state index in [1.807, 2.05) is 18.6 Å². The van der Waals surface area contributed by atoms with E-state index in [1.54, 1.807) is 32.2 Å². The van der Waals surface area contributed by atoms with Crippen LogP contribution in [0.4, 0.5) is 15.0 Å². The molecule has 0 atom stereocenters. The minimum Gasteiger partial charge on any atom is -0.475 e. The van der Waals surface area contributed by atoms with E-state index in [9.17, 15) is 17.6 Å². The number of nitrogens with zero attached hydrogens (tertiary/aromatic N) is 5. The van der Waals surface area contributed by atoms with Gasteiger partial charge >= 0.3 is 6.03 Å². The topological polar surface area (TPSA) is 133 Å². The molecule has 0 unspecified atom stereocenters. The Morgan fingerprint density at radius 3 is 2.78 bits per heavy atom. The van der Waals surface area contributed by atoms with E-state index < -0.39 is 32.4 Å². The largest absolute Gasteiger partial charge is 0.475 e. The number of rotatable bonds is 1. The summed E-state index contributed by atoms with van der Waals surface area (Å²) in [6.45, 7) is 7.19. The molecule has 0 saturated carbocycles. The number of fused-ring (bicyclic) bond motifs is 6. The first-order valence-corrected chi connectivity index (χ1v) is 11.2. The number of hydrogen-bond acceptors (Lipinski definition) is 7. The molecule has 4 bridgehead atoms. The van der Waals surface area contributed by atoms with Gasteiger partial charge in [0.15, 0.2) is 5.82 Å². The van der Waals surface area contributed by atoms with Crippen molar-refractivity contribution in [1.29, 1.82) is 0 Å². The molecule has 32 heavy (non-hydrogen) atoms. The van der Waals surface area contributed by atoms with E-state index in [1.165, 1.54) is 10.9 Å². The normalized spacial score (nSPS) is 17.4. The van der Waals surface area contributed by atoms with Gasteiger partial charge < -0.3 is 4.74 Å². The van der Waals surface area contributed by atoms with Crippen LogP contribution in [0.25, 0.3) is 5.69 Å². The monoisotopic (exact) mass is 463 g/mol. The summed E-state index contributed by atoms with van der Waals surface area (Å²) in [5.74, 6) is -0.614. The van der Waals surface area contributed by atoms with Gasteiger partial charge in [-0.3, -0.25) is 10.00 Å². The second-order valence-electron chi connectivity index (χ2n) is 8.25. The summed E-state index contributed by atoms with van der Waals surface area (Å²) >= 11 is 0. The van der Waals surface area contributed by atoms with Gasteiger partial charge in [0.2, 0.25) is 10.9 Å². The summed E-state index contributed by atoms with van der Waals surface area (Å²) in [6.07, 6.45) is 4.03. The third kappa shape index (κ3) is 3.90. The van der Waals surface area contributed by atoms with Crippen LogP contribution in [0.5, 0.6) is 5.88 Å². The van der Waals surface area contributed by atoms with Crippen molar-refractivity contribution in [1.82, 2.24) is 29.3 Å². The number of sulfonamides is 1. The van der Waals surface area contributed by atoms with E-state index in [0.29, 0.717) is 11.3 Å². The van der Waals surface area contributed by atoms with Crippen LogP contribution in [0.3, 0.4) is 0 Å². The first-order chi connectivity index (χ1) is 15.0. The molecule has 0 aliphatic carbocycles. The summed E-state index contributed by atoms with van der Waals surface area (Å²) in [5.41, 5.74) is 0.272. The summed E-state index contributed by atoms with van der Waals surface area (Å²) in [4.78, 5) is 16.8. The maximum atomic E-state index is 14.5. The Morgan fingerprint density at radius 1 is 1.31 bits per heavy atom. The Kier molecular flexibility index (Phi) is 5.15. The highest BCUT2D eigenvalue weighted by molar-refractivity contribution is 7.90. The number of nitrogens with one attached hydrogen (secondary N) is 2. The molecule has 0 radical (unpaired) electrons. The molecular weight excluding hydrogens is 441 g/mol. The molecule has 2 N–H and O–H groups in total. The van der Waals surface area contributed by atoms with E-state index in [2.05, 4.69) is 20.5 Å². The number of carbonyl (C=O) groups is 1. The fraction of sp³-hybridized carbons (Fsp3) is 0.368. The smallest absolute Gasteiger partial charge is 0.334 e. The molecule has 3 aromatic rings. The van der Waals surface area contributed by atoms with Crippen LogP contribution >= 0.6 is 0 Å². The molecule has 0 fully saturated rings. The Morgan fingerprint density at radius 2 is 2.06 bits per heavy atom. The summed E-state index contributed by atoms with van der Waals surface area (Å²) < 4.78 is 50.0. The first kappa shape index (κ1) is 21.7. The molecule has 1 aliphatic rings. The lowest BCUT2D eigenvalue weighted by molar-refractivity contribution is 0.164. The lowest BCUT2D eigenvalue weighted by Crippen LogP contribution is -2.36. The minimum absolute atomic E-state index is 0.0118. The molecule has 0 aromatic carbocycles. The van der Waals surface area contributed by atoms with Crippen molar-refractivity contribution in [3.63, 3.8) is 0 Å². The molecule has 4 rings (SSSR count). The molecule has 170 valence electrons. The summed E-state index contributed by atoms with van der Waals surface area (Å²) in [7, 11) is -4.59. The van der Waals surface area contributed by atoms with Crippen LogP contribution in [-0.2, 0) is 15.6 Å². The maximum absolute atomic E-state index is 14.5. The highest BCUT2D eigenvalue weighted by Gasteiger charge is 2.32. The highest BCUT2D eigenvalue weighted by Crippen LogP contribution is 2.28. The average Bonchev–Trinajstić information content (AvgIpc) is 3.30. The van der Waals surface area contributed by atoms with Gasteiger partial charge in [-0.25, -0.2) is 23.6 Å². The van der Waals surface area contributed by atoms with Crippen molar-refractivity contribution in [2.75, 3.05) is 11.9 Å². The number of anilines is 1. The summed E-state index contributed by atoms with van der Waals surface area (Å²) in [6, 6.07) is 2.21. The van der Waals surface area contributed by atoms with Gasteiger partial charge in [0.25, 0.3) is 10.0 Å².